The zero-order valence-electron chi connectivity index (χ0n) is 18.0. The molecule has 0 radical (unpaired) electrons. The molecule has 5 atom stereocenters. The number of hydrogen-bond acceptors (Lipinski definition) is 9. The first-order valence-corrected chi connectivity index (χ1v) is 13.2. The lowest BCUT2D eigenvalue weighted by Gasteiger charge is -2.35. The van der Waals surface area contributed by atoms with E-state index in [4.69, 9.17) is 36.1 Å². The van der Waals surface area contributed by atoms with E-state index in [1.165, 1.54) is 0 Å². The number of esters is 1. The number of fused-ring (bicyclic) bond motifs is 2. The summed E-state index contributed by atoms with van der Waals surface area (Å²) >= 11 is 5.72. The maximum Gasteiger partial charge on any atom is 0.308 e. The number of carbonyl (C=O) groups is 1. The van der Waals surface area contributed by atoms with Crippen LogP contribution in [-0.4, -0.2) is 45.4 Å². The van der Waals surface area contributed by atoms with Gasteiger partial charge in [-0.25, -0.2) is 9.97 Å². The Morgan fingerprint density at radius 1 is 1.30 bits per heavy atom. The number of nitrogen functional groups attached to an aromatic ring is 1. The molecule has 0 aliphatic carbocycles. The van der Waals surface area contributed by atoms with Gasteiger partial charge in [0.2, 0.25) is 0 Å². The van der Waals surface area contributed by atoms with Crippen molar-refractivity contribution in [2.75, 3.05) is 17.4 Å². The van der Waals surface area contributed by atoms with Gasteiger partial charge in [-0.05, 0) is 30.0 Å². The zero-order valence-corrected chi connectivity index (χ0v) is 19.7. The van der Waals surface area contributed by atoms with Crippen molar-refractivity contribution < 1.29 is 23.3 Å². The Kier molecular flexibility index (Phi) is 5.84. The van der Waals surface area contributed by atoms with Crippen LogP contribution in [0.25, 0.3) is 11.2 Å². The minimum absolute atomic E-state index is 0.191. The fraction of sp³-hybridized carbons (Fsp3) is 0.381. The van der Waals surface area contributed by atoms with Crippen LogP contribution in [0.4, 0.5) is 11.4 Å². The topological polar surface area (TPSA) is 123 Å². The molecule has 5 rings (SSSR count). The summed E-state index contributed by atoms with van der Waals surface area (Å²) in [6.45, 7) is 0.812. The highest BCUT2D eigenvalue weighted by atomic mass is 32.5. The predicted octanol–water partition coefficient (Wildman–Crippen LogP) is 3.23. The maximum absolute atomic E-state index is 12.6. The minimum atomic E-state index is -2.92. The number of para-hydroxylation sites is 1. The Bertz CT molecular complexity index is 1220. The van der Waals surface area contributed by atoms with Crippen molar-refractivity contribution in [3.8, 4) is 0 Å². The average molecular weight is 489 g/mol. The van der Waals surface area contributed by atoms with E-state index in [1.807, 2.05) is 30.3 Å². The Morgan fingerprint density at radius 3 is 2.85 bits per heavy atom. The molecule has 0 amide bonds. The van der Waals surface area contributed by atoms with Gasteiger partial charge in [-0.3, -0.25) is 9.36 Å². The predicted molar refractivity (Wildman–Crippen MR) is 126 cm³/mol. The van der Waals surface area contributed by atoms with Crippen LogP contribution in [-0.2, 0) is 35.1 Å². The van der Waals surface area contributed by atoms with Gasteiger partial charge in [0.25, 0.3) is 6.64 Å². The molecule has 2 fully saturated rings. The lowest BCUT2D eigenvalue weighted by atomic mass is 10.1. The van der Waals surface area contributed by atoms with E-state index in [0.717, 1.165) is 5.69 Å². The number of nitrogens with one attached hydrogen (secondary N) is 1. The molecule has 0 saturated carbocycles. The molecule has 174 valence electrons. The van der Waals surface area contributed by atoms with Crippen molar-refractivity contribution >= 4 is 47.0 Å². The SMILES string of the molecule is CC(C)C(=O)OC1C2OP(=S)(Nc3ccccc3)OC[C@H]2O[C@H]1n1cnc2c(N)ccnc21. The van der Waals surface area contributed by atoms with Gasteiger partial charge in [0, 0.05) is 11.9 Å². The number of ether oxygens (including phenoxy) is 2. The van der Waals surface area contributed by atoms with Crippen molar-refractivity contribution in [2.45, 2.75) is 38.4 Å². The zero-order chi connectivity index (χ0) is 23.2. The van der Waals surface area contributed by atoms with Crippen molar-refractivity contribution in [3.05, 3.63) is 48.9 Å². The first kappa shape index (κ1) is 22.2. The first-order chi connectivity index (χ1) is 15.8. The third-order valence-electron chi connectivity index (χ3n) is 5.48. The molecule has 3 N–H and O–H groups in total. The number of nitrogens with two attached hydrogens (primary N) is 1. The number of rotatable bonds is 5. The van der Waals surface area contributed by atoms with Crippen LogP contribution >= 0.6 is 6.64 Å². The van der Waals surface area contributed by atoms with Gasteiger partial charge < -0.3 is 29.3 Å². The summed E-state index contributed by atoms with van der Waals surface area (Å²) in [5.41, 5.74) is 8.38. The van der Waals surface area contributed by atoms with Crippen LogP contribution < -0.4 is 10.8 Å². The second-order valence-corrected chi connectivity index (χ2v) is 11.3. The third kappa shape index (κ3) is 4.22. The molecular weight excluding hydrogens is 465 g/mol. The lowest BCUT2D eigenvalue weighted by Crippen LogP contribution is -2.42. The molecule has 4 heterocycles. The van der Waals surface area contributed by atoms with Crippen LogP contribution in [0, 0.1) is 5.92 Å². The highest BCUT2D eigenvalue weighted by Crippen LogP contribution is 2.56. The summed E-state index contributed by atoms with van der Waals surface area (Å²) in [6, 6.07) is 11.1. The Balaban J connectivity index is 1.48. The molecule has 2 aliphatic rings. The van der Waals surface area contributed by atoms with Gasteiger partial charge in [-0.2, -0.15) is 0 Å². The van der Waals surface area contributed by atoms with Gasteiger partial charge >= 0.3 is 5.97 Å². The van der Waals surface area contributed by atoms with E-state index in [9.17, 15) is 4.79 Å². The molecule has 3 aromatic rings. The van der Waals surface area contributed by atoms with Gasteiger partial charge in [-0.1, -0.05) is 32.0 Å². The number of hydrogen-bond donors (Lipinski definition) is 2. The van der Waals surface area contributed by atoms with Gasteiger partial charge in [0.05, 0.1) is 24.5 Å². The van der Waals surface area contributed by atoms with Crippen LogP contribution in [0.3, 0.4) is 0 Å². The molecule has 2 saturated heterocycles. The second kappa shape index (κ2) is 8.66. The van der Waals surface area contributed by atoms with E-state index >= 15 is 0 Å². The summed E-state index contributed by atoms with van der Waals surface area (Å²) in [5, 5.41) is 3.19. The molecule has 2 aromatic heterocycles. The van der Waals surface area contributed by atoms with Gasteiger partial charge in [0.1, 0.15) is 17.7 Å². The highest BCUT2D eigenvalue weighted by molar-refractivity contribution is 8.10. The molecule has 0 spiro atoms. The number of benzene rings is 1. The Hall–Kier alpha value is -2.56. The van der Waals surface area contributed by atoms with Crippen molar-refractivity contribution in [1.82, 2.24) is 14.5 Å². The number of carbonyl (C=O) groups excluding carboxylic acids is 1. The molecule has 10 nitrogen and oxygen atoms in total. The molecular formula is C21H24N5O5PS. The summed E-state index contributed by atoms with van der Waals surface area (Å²) in [6.07, 6.45) is 0.527. The van der Waals surface area contributed by atoms with Crippen molar-refractivity contribution in [2.24, 2.45) is 5.92 Å². The van der Waals surface area contributed by atoms with E-state index < -0.39 is 31.2 Å². The van der Waals surface area contributed by atoms with Crippen LogP contribution in [0.15, 0.2) is 48.9 Å². The fourth-order valence-corrected chi connectivity index (χ4v) is 6.18. The number of aromatic nitrogens is 3. The largest absolute Gasteiger partial charge is 0.454 e. The fourth-order valence-electron chi connectivity index (χ4n) is 3.82. The Labute approximate surface area is 195 Å². The Morgan fingerprint density at radius 2 is 2.09 bits per heavy atom. The lowest BCUT2D eigenvalue weighted by molar-refractivity contribution is -0.161. The monoisotopic (exact) mass is 489 g/mol. The number of anilines is 2. The van der Waals surface area contributed by atoms with Crippen molar-refractivity contribution in [3.63, 3.8) is 0 Å². The molecule has 2 aliphatic heterocycles. The smallest absolute Gasteiger partial charge is 0.308 e. The average Bonchev–Trinajstić information content (AvgIpc) is 3.36. The summed E-state index contributed by atoms with van der Waals surface area (Å²) in [5.74, 6) is -0.700. The normalized spacial score (nSPS) is 29.2. The number of pyridine rings is 1. The van der Waals surface area contributed by atoms with E-state index in [-0.39, 0.29) is 18.5 Å². The van der Waals surface area contributed by atoms with E-state index in [0.29, 0.717) is 16.9 Å². The standard InChI is InChI=1S/C21H24N5O5PS/c1-12(2)21(27)30-18-17-15(10-28-32(33,31-17)25-13-6-4-3-5-7-13)29-20(18)26-11-24-16-14(22)8-9-23-19(16)26/h3-9,11-12,15,17-18,20H,10H2,1-2H3,(H2,22,23)(H,25,33)/t15-,17?,18?,20-,32?/m1/s1. The van der Waals surface area contributed by atoms with Crippen molar-refractivity contribution in [1.29, 1.82) is 0 Å². The quantitative estimate of drug-likeness (QED) is 0.408. The molecule has 3 unspecified atom stereocenters. The van der Waals surface area contributed by atoms with Crippen LogP contribution in [0.5, 0.6) is 0 Å². The molecule has 0 bridgehead atoms. The summed E-state index contributed by atoms with van der Waals surface area (Å²) in [7, 11) is 0. The van der Waals surface area contributed by atoms with Crippen LogP contribution in [0.1, 0.15) is 20.1 Å². The van der Waals surface area contributed by atoms with Crippen LogP contribution in [0.2, 0.25) is 0 Å². The number of nitrogens with zero attached hydrogens (tertiary/aromatic N) is 3. The van der Waals surface area contributed by atoms with Gasteiger partial charge in [-0.15, -0.1) is 0 Å². The second-order valence-electron chi connectivity index (χ2n) is 8.19. The maximum atomic E-state index is 12.6. The number of imidazole rings is 1. The summed E-state index contributed by atoms with van der Waals surface area (Å²) < 4.78 is 26.0. The first-order valence-electron chi connectivity index (χ1n) is 10.5. The van der Waals surface area contributed by atoms with E-state index in [2.05, 4.69) is 15.1 Å². The minimum Gasteiger partial charge on any atom is -0.454 e. The molecule has 12 heteroatoms. The highest BCUT2D eigenvalue weighted by Gasteiger charge is 2.54. The van der Waals surface area contributed by atoms with Gasteiger partial charge in [0.15, 0.2) is 18.0 Å². The summed E-state index contributed by atoms with van der Waals surface area (Å²) in [4.78, 5) is 21.4. The molecule has 1 aromatic carbocycles. The molecule has 33 heavy (non-hydrogen) atoms. The third-order valence-corrected chi connectivity index (χ3v) is 7.87. The van der Waals surface area contributed by atoms with E-state index in [1.54, 1.807) is 37.0 Å².